The number of hydrogen-bond donors (Lipinski definition) is 0. The molecule has 2 aromatic carbocycles. The molecule has 0 fully saturated rings. The number of carbonyl (C=O) groups excluding carboxylic acids is 1. The molecular formula is C15H14O2. The summed E-state index contributed by atoms with van der Waals surface area (Å²) in [5, 5.41) is 0. The number of ether oxygens (including phenoxy) is 1. The molecule has 2 heteroatoms. The Balaban J connectivity index is 2.44. The van der Waals surface area contributed by atoms with Gasteiger partial charge in [-0.2, -0.15) is 0 Å². The highest BCUT2D eigenvalue weighted by Gasteiger charge is 2.11. The van der Waals surface area contributed by atoms with Crippen LogP contribution in [0.5, 0.6) is 0 Å². The number of hydrogen-bond acceptors (Lipinski definition) is 2. The van der Waals surface area contributed by atoms with Crippen LogP contribution < -0.4 is 0 Å². The summed E-state index contributed by atoms with van der Waals surface area (Å²) >= 11 is 0. The minimum atomic E-state index is -0.232. The maximum absolute atomic E-state index is 10.4. The molecule has 86 valence electrons. The topological polar surface area (TPSA) is 26.3 Å². The van der Waals surface area contributed by atoms with Crippen LogP contribution in [0.4, 0.5) is 0 Å². The minimum Gasteiger partial charge on any atom is -0.460 e. The van der Waals surface area contributed by atoms with Crippen LogP contribution in [0.1, 0.15) is 18.6 Å². The first kappa shape index (κ1) is 11.4. The third kappa shape index (κ3) is 2.53. The average Bonchev–Trinajstić information content (AvgIpc) is 2.40. The van der Waals surface area contributed by atoms with E-state index in [-0.39, 0.29) is 6.10 Å². The average molecular weight is 226 g/mol. The fourth-order valence-corrected chi connectivity index (χ4v) is 1.89. The largest absolute Gasteiger partial charge is 0.460 e. The van der Waals surface area contributed by atoms with Gasteiger partial charge in [-0.3, -0.25) is 4.79 Å². The van der Waals surface area contributed by atoms with E-state index in [1.165, 1.54) is 0 Å². The zero-order valence-electron chi connectivity index (χ0n) is 9.67. The zero-order chi connectivity index (χ0) is 12.1. The van der Waals surface area contributed by atoms with Gasteiger partial charge < -0.3 is 4.74 Å². The molecule has 2 aromatic rings. The second-order valence-electron chi connectivity index (χ2n) is 3.83. The molecule has 0 saturated carbocycles. The van der Waals surface area contributed by atoms with E-state index in [9.17, 15) is 4.79 Å². The predicted molar refractivity (Wildman–Crippen MR) is 67.4 cm³/mol. The maximum Gasteiger partial charge on any atom is 0.293 e. The highest BCUT2D eigenvalue weighted by molar-refractivity contribution is 5.67. The van der Waals surface area contributed by atoms with Crippen molar-refractivity contribution in [1.82, 2.24) is 0 Å². The molecule has 2 rings (SSSR count). The van der Waals surface area contributed by atoms with Crippen LogP contribution in [0.15, 0.2) is 54.6 Å². The molecule has 2 nitrogen and oxygen atoms in total. The lowest BCUT2D eigenvalue weighted by atomic mass is 9.97. The van der Waals surface area contributed by atoms with E-state index < -0.39 is 0 Å². The Hall–Kier alpha value is -2.09. The van der Waals surface area contributed by atoms with Crippen LogP contribution in [-0.4, -0.2) is 6.47 Å². The second-order valence-corrected chi connectivity index (χ2v) is 3.83. The van der Waals surface area contributed by atoms with E-state index in [1.807, 2.05) is 61.5 Å². The summed E-state index contributed by atoms with van der Waals surface area (Å²) in [4.78, 5) is 10.4. The monoisotopic (exact) mass is 226 g/mol. The molecule has 0 spiro atoms. The van der Waals surface area contributed by atoms with Crippen molar-refractivity contribution in [2.24, 2.45) is 0 Å². The van der Waals surface area contributed by atoms with Gasteiger partial charge in [-0.15, -0.1) is 0 Å². The lowest BCUT2D eigenvalue weighted by Crippen LogP contribution is -2.00. The quantitative estimate of drug-likeness (QED) is 0.745. The van der Waals surface area contributed by atoms with E-state index in [1.54, 1.807) is 0 Å². The second kappa shape index (κ2) is 5.30. The number of benzene rings is 2. The third-order valence-corrected chi connectivity index (χ3v) is 2.74. The van der Waals surface area contributed by atoms with Gasteiger partial charge in [0.05, 0.1) is 0 Å². The van der Waals surface area contributed by atoms with E-state index >= 15 is 0 Å². The van der Waals surface area contributed by atoms with Crippen LogP contribution in [0.3, 0.4) is 0 Å². The molecule has 0 aromatic heterocycles. The van der Waals surface area contributed by atoms with E-state index in [2.05, 4.69) is 0 Å². The molecule has 1 unspecified atom stereocenters. The van der Waals surface area contributed by atoms with E-state index in [0.29, 0.717) is 6.47 Å². The Bertz CT molecular complexity index is 491. The normalized spacial score (nSPS) is 11.8. The first-order valence-corrected chi connectivity index (χ1v) is 5.56. The van der Waals surface area contributed by atoms with Crippen LogP contribution in [0, 0.1) is 0 Å². The molecule has 17 heavy (non-hydrogen) atoms. The van der Waals surface area contributed by atoms with Gasteiger partial charge in [-0.05, 0) is 23.6 Å². The first-order chi connectivity index (χ1) is 8.33. The van der Waals surface area contributed by atoms with Gasteiger partial charge in [0.1, 0.15) is 6.10 Å². The standard InChI is InChI=1S/C15H14O2/c1-12(17-11-16)14-9-5-6-10-15(14)13-7-3-2-4-8-13/h2-12H,1H3. The Labute approximate surface area is 101 Å². The van der Waals surface area contributed by atoms with Gasteiger partial charge in [0, 0.05) is 0 Å². The van der Waals surface area contributed by atoms with Crippen molar-refractivity contribution in [2.75, 3.05) is 0 Å². The molecule has 0 saturated heterocycles. The highest BCUT2D eigenvalue weighted by atomic mass is 16.5. The first-order valence-electron chi connectivity index (χ1n) is 5.56. The summed E-state index contributed by atoms with van der Waals surface area (Å²) in [5.74, 6) is 0. The smallest absolute Gasteiger partial charge is 0.293 e. The minimum absolute atomic E-state index is 0.232. The predicted octanol–water partition coefficient (Wildman–Crippen LogP) is 3.59. The molecule has 0 radical (unpaired) electrons. The van der Waals surface area contributed by atoms with E-state index in [4.69, 9.17) is 4.74 Å². The summed E-state index contributed by atoms with van der Waals surface area (Å²) in [5.41, 5.74) is 3.25. The van der Waals surface area contributed by atoms with Crippen LogP contribution in [0.2, 0.25) is 0 Å². The van der Waals surface area contributed by atoms with Crippen molar-refractivity contribution in [2.45, 2.75) is 13.0 Å². The summed E-state index contributed by atoms with van der Waals surface area (Å²) in [6.45, 7) is 2.36. The molecule has 1 atom stereocenters. The van der Waals surface area contributed by atoms with Gasteiger partial charge in [-0.25, -0.2) is 0 Å². The van der Waals surface area contributed by atoms with Gasteiger partial charge in [0.25, 0.3) is 6.47 Å². The molecule has 0 heterocycles. The molecular weight excluding hydrogens is 212 g/mol. The van der Waals surface area contributed by atoms with Crippen molar-refractivity contribution < 1.29 is 9.53 Å². The van der Waals surface area contributed by atoms with E-state index in [0.717, 1.165) is 16.7 Å². The summed E-state index contributed by atoms with van der Waals surface area (Å²) in [6.07, 6.45) is -0.232. The Morgan fingerprint density at radius 2 is 1.65 bits per heavy atom. The van der Waals surface area contributed by atoms with Crippen LogP contribution in [0.25, 0.3) is 11.1 Å². The van der Waals surface area contributed by atoms with Gasteiger partial charge in [0.2, 0.25) is 0 Å². The highest BCUT2D eigenvalue weighted by Crippen LogP contribution is 2.29. The van der Waals surface area contributed by atoms with Crippen molar-refractivity contribution in [3.05, 3.63) is 60.2 Å². The zero-order valence-corrected chi connectivity index (χ0v) is 9.67. The fourth-order valence-electron chi connectivity index (χ4n) is 1.89. The summed E-state index contributed by atoms with van der Waals surface area (Å²) in [7, 11) is 0. The van der Waals surface area contributed by atoms with Gasteiger partial charge >= 0.3 is 0 Å². The Morgan fingerprint density at radius 3 is 2.35 bits per heavy atom. The van der Waals surface area contributed by atoms with Crippen molar-refractivity contribution in [3.63, 3.8) is 0 Å². The number of rotatable bonds is 4. The summed E-state index contributed by atoms with van der Waals surface area (Å²) in [6, 6.07) is 18.0. The number of carbonyl (C=O) groups is 1. The van der Waals surface area contributed by atoms with Crippen LogP contribution in [-0.2, 0) is 9.53 Å². The maximum atomic E-state index is 10.4. The molecule has 0 N–H and O–H groups in total. The molecule has 0 amide bonds. The molecule has 0 aliphatic rings. The lowest BCUT2D eigenvalue weighted by molar-refractivity contribution is -0.133. The molecule has 0 aliphatic heterocycles. The molecule has 0 aliphatic carbocycles. The summed E-state index contributed by atoms with van der Waals surface area (Å²) < 4.78 is 5.01. The Kier molecular flexibility index (Phi) is 3.55. The third-order valence-electron chi connectivity index (χ3n) is 2.74. The fraction of sp³-hybridized carbons (Fsp3) is 0.133. The van der Waals surface area contributed by atoms with Crippen LogP contribution >= 0.6 is 0 Å². The SMILES string of the molecule is CC(OC=O)c1ccccc1-c1ccccc1. The van der Waals surface area contributed by atoms with Gasteiger partial charge in [-0.1, -0.05) is 54.6 Å². The van der Waals surface area contributed by atoms with Crippen molar-refractivity contribution >= 4 is 6.47 Å². The Morgan fingerprint density at radius 1 is 1.00 bits per heavy atom. The van der Waals surface area contributed by atoms with Crippen molar-refractivity contribution in [1.29, 1.82) is 0 Å². The van der Waals surface area contributed by atoms with Crippen molar-refractivity contribution in [3.8, 4) is 11.1 Å². The lowest BCUT2D eigenvalue weighted by Gasteiger charge is -2.14. The van der Waals surface area contributed by atoms with Gasteiger partial charge in [0.15, 0.2) is 0 Å². The molecule has 0 bridgehead atoms.